The van der Waals surface area contributed by atoms with Crippen molar-refractivity contribution >= 4 is 40.1 Å². The number of likely N-dealkylation sites (N-methyl/N-ethyl adjacent to an activating group) is 1. The summed E-state index contributed by atoms with van der Waals surface area (Å²) in [5.74, 6) is -5.86. The SMILES string of the molecule is CC[C@H]1OC(=O)[C@@](C)(F)C(=O)[C@H](C)[C@@H](O[C@@H]2O[C@H](C)C[C@H](N(C)C)[C@H]2O)[C@](C)(OC)C[C@@H](C)C(=O)[C@H](C)[C@H]2N(CCCCn3cc(-c4cnc(N)s4)nn3)C(=O)O[C@]12C. The molecule has 3 saturated heterocycles. The van der Waals surface area contributed by atoms with E-state index in [9.17, 15) is 24.3 Å². The Bertz CT molecular complexity index is 1830. The number of carbonyl (C=O) groups is 4. The van der Waals surface area contributed by atoms with Gasteiger partial charge in [-0.1, -0.05) is 44.2 Å². The van der Waals surface area contributed by atoms with Gasteiger partial charge in [0, 0.05) is 50.2 Å². The van der Waals surface area contributed by atoms with Crippen LogP contribution in [0.25, 0.3) is 10.6 Å². The number of aryl methyl sites for hydroxylation is 1. The van der Waals surface area contributed by atoms with Gasteiger partial charge in [0.05, 0.1) is 34.9 Å². The number of amides is 1. The van der Waals surface area contributed by atoms with Crippen molar-refractivity contribution in [2.24, 2.45) is 17.8 Å². The average Bonchev–Trinajstić information content (AvgIpc) is 3.90. The number of rotatable bonds is 11. The fourth-order valence-electron chi connectivity index (χ4n) is 9.20. The van der Waals surface area contributed by atoms with Crippen molar-refractivity contribution < 1.29 is 52.4 Å². The number of nitrogens with two attached hydrogens (primary N) is 1. The van der Waals surface area contributed by atoms with Crippen LogP contribution in [0.15, 0.2) is 12.4 Å². The lowest BCUT2D eigenvalue weighted by atomic mass is 9.73. The lowest BCUT2D eigenvalue weighted by Gasteiger charge is -2.47. The number of unbranched alkanes of at least 4 members (excludes halogenated alkanes) is 1. The minimum Gasteiger partial charge on any atom is -0.455 e. The smallest absolute Gasteiger partial charge is 0.410 e. The number of aliphatic hydroxyl groups excluding tert-OH is 1. The topological polar surface area (TPSA) is 211 Å². The molecule has 0 unspecified atom stereocenters. The summed E-state index contributed by atoms with van der Waals surface area (Å²) in [6.45, 7) is 13.1. The van der Waals surface area contributed by atoms with Crippen LogP contribution in [0.5, 0.6) is 0 Å². The number of esters is 1. The van der Waals surface area contributed by atoms with E-state index in [2.05, 4.69) is 15.3 Å². The number of nitrogen functional groups attached to an aromatic ring is 1. The van der Waals surface area contributed by atoms with E-state index in [4.69, 9.17) is 29.4 Å². The van der Waals surface area contributed by atoms with Crippen molar-refractivity contribution in [3.05, 3.63) is 12.4 Å². The molecule has 0 aliphatic carbocycles. The van der Waals surface area contributed by atoms with Crippen LogP contribution in [-0.4, -0.2) is 146 Å². The molecule has 1 amide bonds. The number of fused-ring (bicyclic) bond motifs is 1. The van der Waals surface area contributed by atoms with E-state index in [1.807, 2.05) is 25.9 Å². The van der Waals surface area contributed by atoms with Crippen molar-refractivity contribution in [1.82, 2.24) is 29.8 Å². The largest absolute Gasteiger partial charge is 0.455 e. The van der Waals surface area contributed by atoms with Crippen LogP contribution in [0.4, 0.5) is 14.3 Å². The van der Waals surface area contributed by atoms with Crippen LogP contribution in [0.2, 0.25) is 0 Å². The molecule has 3 fully saturated rings. The normalized spacial score (nSPS) is 37.6. The number of halogens is 1. The number of carbonyl (C=O) groups excluding carboxylic acids is 4. The van der Waals surface area contributed by atoms with Gasteiger partial charge in [0.25, 0.3) is 5.67 Å². The molecule has 2 aromatic heterocycles. The van der Waals surface area contributed by atoms with Gasteiger partial charge < -0.3 is 44.3 Å². The average molecular weight is 852 g/mol. The Kier molecular flexibility index (Phi) is 14.3. The number of ether oxygens (including phenoxy) is 5. The molecule has 17 nitrogen and oxygen atoms in total. The zero-order valence-electron chi connectivity index (χ0n) is 36.0. The second-order valence-electron chi connectivity index (χ2n) is 17.2. The lowest BCUT2D eigenvalue weighted by molar-refractivity contribution is -0.295. The molecule has 0 saturated carbocycles. The zero-order valence-corrected chi connectivity index (χ0v) is 36.9. The number of cyclic esters (lactones) is 1. The van der Waals surface area contributed by atoms with Gasteiger partial charge in [-0.25, -0.2) is 19.0 Å². The van der Waals surface area contributed by atoms with Crippen molar-refractivity contribution in [2.75, 3.05) is 33.5 Å². The third-order valence-electron chi connectivity index (χ3n) is 12.5. The number of aliphatic hydroxyl groups is 1. The summed E-state index contributed by atoms with van der Waals surface area (Å²) < 4.78 is 49.1. The van der Waals surface area contributed by atoms with Crippen molar-refractivity contribution in [3.63, 3.8) is 0 Å². The van der Waals surface area contributed by atoms with E-state index in [0.717, 1.165) is 11.8 Å². The van der Waals surface area contributed by atoms with Gasteiger partial charge in [0.1, 0.15) is 23.7 Å². The number of aromatic nitrogens is 4. The molecule has 2 aromatic rings. The first kappa shape index (κ1) is 46.4. The van der Waals surface area contributed by atoms with Crippen LogP contribution >= 0.6 is 11.3 Å². The van der Waals surface area contributed by atoms with Gasteiger partial charge in [-0.05, 0) is 73.9 Å². The highest BCUT2D eigenvalue weighted by molar-refractivity contribution is 7.18. The number of hydrogen-bond acceptors (Lipinski definition) is 16. The van der Waals surface area contributed by atoms with E-state index in [-0.39, 0.29) is 37.3 Å². The summed E-state index contributed by atoms with van der Waals surface area (Å²) in [4.78, 5) is 64.8. The molecule has 0 bridgehead atoms. The number of ketones is 2. The predicted octanol–water partition coefficient (Wildman–Crippen LogP) is 4.06. The Morgan fingerprint density at radius 1 is 1.08 bits per heavy atom. The van der Waals surface area contributed by atoms with E-state index in [1.54, 1.807) is 51.7 Å². The fraction of sp³-hybridized carbons (Fsp3) is 0.775. The Hall–Kier alpha value is -3.62. The highest BCUT2D eigenvalue weighted by Gasteiger charge is 2.61. The second-order valence-corrected chi connectivity index (χ2v) is 18.3. The Morgan fingerprint density at radius 3 is 2.37 bits per heavy atom. The highest BCUT2D eigenvalue weighted by Crippen LogP contribution is 2.44. The van der Waals surface area contributed by atoms with Crippen LogP contribution < -0.4 is 5.73 Å². The first-order valence-electron chi connectivity index (χ1n) is 20.4. The number of thiazole rings is 1. The summed E-state index contributed by atoms with van der Waals surface area (Å²) >= 11 is 1.30. The number of methoxy groups -OCH3 is 1. The summed E-state index contributed by atoms with van der Waals surface area (Å²) in [5.41, 5.74) is 0.149. The highest BCUT2D eigenvalue weighted by atomic mass is 32.1. The van der Waals surface area contributed by atoms with Crippen LogP contribution in [0, 0.1) is 17.8 Å². The van der Waals surface area contributed by atoms with Crippen LogP contribution in [-0.2, 0) is 44.6 Å². The quantitative estimate of drug-likeness (QED) is 0.186. The molecule has 3 aliphatic rings. The Morgan fingerprint density at radius 2 is 1.76 bits per heavy atom. The summed E-state index contributed by atoms with van der Waals surface area (Å²) in [7, 11) is 5.03. The number of anilines is 1. The molecule has 13 atom stereocenters. The summed E-state index contributed by atoms with van der Waals surface area (Å²) in [6, 6.07) is -1.31. The molecule has 0 aromatic carbocycles. The zero-order chi connectivity index (χ0) is 43.8. The third-order valence-corrected chi connectivity index (χ3v) is 13.4. The molecule has 0 radical (unpaired) electrons. The first-order valence-corrected chi connectivity index (χ1v) is 21.2. The lowest BCUT2D eigenvalue weighted by Crippen LogP contribution is -2.61. The summed E-state index contributed by atoms with van der Waals surface area (Å²) in [5, 5.41) is 20.2. The number of alkyl halides is 1. The molecule has 5 heterocycles. The molecule has 3 aliphatic heterocycles. The second kappa shape index (κ2) is 18.2. The van der Waals surface area contributed by atoms with E-state index < -0.39 is 83.1 Å². The maximum atomic E-state index is 16.9. The molecule has 59 heavy (non-hydrogen) atoms. The monoisotopic (exact) mass is 851 g/mol. The molecule has 0 spiro atoms. The maximum Gasteiger partial charge on any atom is 0.410 e. The maximum absolute atomic E-state index is 16.9. The molecule has 5 rings (SSSR count). The van der Waals surface area contributed by atoms with Crippen molar-refractivity contribution in [3.8, 4) is 10.6 Å². The minimum atomic E-state index is -3.19. The van der Waals surface area contributed by atoms with E-state index >= 15 is 4.39 Å². The number of nitrogens with zero attached hydrogens (tertiary/aromatic N) is 6. The van der Waals surface area contributed by atoms with Gasteiger partial charge in [-0.2, -0.15) is 0 Å². The molecule has 19 heteroatoms. The van der Waals surface area contributed by atoms with Gasteiger partial charge in [-0.3, -0.25) is 14.3 Å². The Balaban J connectivity index is 1.46. The number of Topliss-reactive ketones (excluding diaryl/α,β-unsaturated/α-hetero) is 2. The summed E-state index contributed by atoms with van der Waals surface area (Å²) in [6.07, 6.45) is -0.989. The Labute approximate surface area is 349 Å². The van der Waals surface area contributed by atoms with Crippen LogP contribution in [0.3, 0.4) is 0 Å². The predicted molar refractivity (Wildman–Crippen MR) is 215 cm³/mol. The van der Waals surface area contributed by atoms with Crippen molar-refractivity contribution in [2.45, 2.75) is 154 Å². The standard InChI is InChI=1S/C40H62FN7O10S/c1-12-28-40(8)31(48(37(53)58-40)16-14-13-15-47-20-25(44-45-47)27-19-43-36(42)59-27)23(4)29(49)21(2)18-38(6,54-11)33(24(5)32(51)39(7,41)35(52)56-28)57-34-30(50)26(46(9)10)17-22(3)55-34/h19-24,26,28,30-31,33-34,50H,12-18H2,1-11H3,(H2,42,43)/t21-,22-,23+,24+,26+,28-,30-,31-,33-,34+,38-,39+,40-/m1/s1. The fourth-order valence-corrected chi connectivity index (χ4v) is 9.83. The first-order chi connectivity index (χ1) is 27.6. The van der Waals surface area contributed by atoms with E-state index in [1.165, 1.54) is 30.3 Å². The minimum absolute atomic E-state index is 0.0125. The van der Waals surface area contributed by atoms with Gasteiger partial charge >= 0.3 is 12.1 Å². The van der Waals surface area contributed by atoms with Crippen molar-refractivity contribution in [1.29, 1.82) is 0 Å². The van der Waals surface area contributed by atoms with Crippen LogP contribution in [0.1, 0.15) is 87.5 Å². The van der Waals surface area contributed by atoms with Gasteiger partial charge in [-0.15, -0.1) is 5.10 Å². The van der Waals surface area contributed by atoms with E-state index in [0.29, 0.717) is 36.6 Å². The molecule has 3 N–H and O–H groups in total. The molecule has 330 valence electrons. The number of hydrogen-bond donors (Lipinski definition) is 2. The van der Waals surface area contributed by atoms with Gasteiger partial charge in [0.15, 0.2) is 22.8 Å². The molecular weight excluding hydrogens is 790 g/mol. The third kappa shape index (κ3) is 9.34. The van der Waals surface area contributed by atoms with Gasteiger partial charge in [0.2, 0.25) is 0 Å². The molecular formula is C40H62FN7O10S.